The van der Waals surface area contributed by atoms with Crippen molar-refractivity contribution in [3.8, 4) is 0 Å². The first-order chi connectivity index (χ1) is 6.43. The minimum atomic E-state index is 0.712. The molecule has 1 heterocycles. The van der Waals surface area contributed by atoms with Gasteiger partial charge in [-0.2, -0.15) is 0 Å². The van der Waals surface area contributed by atoms with Crippen LogP contribution in [0.25, 0.3) is 0 Å². The monoisotopic (exact) mass is 182 g/mol. The minimum absolute atomic E-state index is 0.712. The summed E-state index contributed by atoms with van der Waals surface area (Å²) in [4.78, 5) is 3.89. The van der Waals surface area contributed by atoms with Gasteiger partial charge in [0.15, 0.2) is 0 Å². The molecule has 0 aliphatic heterocycles. The highest BCUT2D eigenvalue weighted by atomic mass is 14.6. The average molecular weight is 182 g/mol. The van der Waals surface area contributed by atoms with Gasteiger partial charge in [0, 0.05) is 12.4 Å². The summed E-state index contributed by atoms with van der Waals surface area (Å²) in [5.41, 5.74) is 6.60. The van der Waals surface area contributed by atoms with Gasteiger partial charge >= 0.3 is 0 Å². The highest BCUT2D eigenvalue weighted by molar-refractivity contribution is 5.09. The van der Waals surface area contributed by atoms with Crippen LogP contribution in [-0.2, 0) is 6.42 Å². The Morgan fingerprint density at radius 3 is 1.92 bits per heavy atom. The number of aromatic nitrogens is 1. The van der Waals surface area contributed by atoms with E-state index >= 15 is 0 Å². The van der Waals surface area contributed by atoms with E-state index in [0.717, 1.165) is 6.42 Å². The molecule has 1 rings (SSSR count). The van der Waals surface area contributed by atoms with Gasteiger partial charge in [0.2, 0.25) is 0 Å². The van der Waals surface area contributed by atoms with Crippen LogP contribution < -0.4 is 5.73 Å². The van der Waals surface area contributed by atoms with Gasteiger partial charge in [-0.3, -0.25) is 4.98 Å². The molecule has 2 N–H and O–H groups in total. The van der Waals surface area contributed by atoms with E-state index in [0.29, 0.717) is 6.54 Å². The summed E-state index contributed by atoms with van der Waals surface area (Å²) in [6, 6.07) is 3.96. The summed E-state index contributed by atoms with van der Waals surface area (Å²) in [6.07, 6.45) is 4.51. The maximum atomic E-state index is 5.34. The Hall–Kier alpha value is -0.890. The largest absolute Gasteiger partial charge is 0.330 e. The number of hydrogen-bond acceptors (Lipinski definition) is 2. The zero-order chi connectivity index (χ0) is 10.5. The fourth-order valence-corrected chi connectivity index (χ4v) is 0.716. The Labute approximate surface area is 82.2 Å². The maximum absolute atomic E-state index is 5.34. The third-order valence-electron chi connectivity index (χ3n) is 1.18. The number of hydrogen-bond donors (Lipinski definition) is 1. The lowest BCUT2D eigenvalue weighted by Crippen LogP contribution is -2.02. The summed E-state index contributed by atoms with van der Waals surface area (Å²) in [5.74, 6) is 0. The number of rotatable bonds is 2. The Balaban J connectivity index is 0. The van der Waals surface area contributed by atoms with E-state index in [4.69, 9.17) is 5.73 Å². The van der Waals surface area contributed by atoms with Crippen LogP contribution in [0.15, 0.2) is 24.5 Å². The molecule has 0 fully saturated rings. The molecule has 1 aromatic rings. The van der Waals surface area contributed by atoms with Gasteiger partial charge in [-0.05, 0) is 30.7 Å². The molecule has 0 spiro atoms. The predicted molar refractivity (Wildman–Crippen MR) is 59.7 cm³/mol. The second-order valence-electron chi connectivity index (χ2n) is 1.89. The van der Waals surface area contributed by atoms with E-state index in [9.17, 15) is 0 Å². The van der Waals surface area contributed by atoms with Crippen molar-refractivity contribution < 1.29 is 0 Å². The summed E-state index contributed by atoms with van der Waals surface area (Å²) in [6.45, 7) is 8.71. The van der Waals surface area contributed by atoms with Crippen molar-refractivity contribution in [1.82, 2.24) is 4.98 Å². The van der Waals surface area contributed by atoms with Gasteiger partial charge < -0.3 is 5.73 Å². The highest BCUT2D eigenvalue weighted by Gasteiger charge is 1.85. The first kappa shape index (κ1) is 14.6. The van der Waals surface area contributed by atoms with Gasteiger partial charge in [0.1, 0.15) is 0 Å². The molecule has 0 aliphatic rings. The number of nitrogens with zero attached hydrogens (tertiary/aromatic N) is 1. The van der Waals surface area contributed by atoms with Gasteiger partial charge in [0.25, 0.3) is 0 Å². The zero-order valence-electron chi connectivity index (χ0n) is 9.25. The summed E-state index contributed by atoms with van der Waals surface area (Å²) in [5, 5.41) is 0. The molecule has 0 amide bonds. The fourth-order valence-electron chi connectivity index (χ4n) is 0.716. The van der Waals surface area contributed by atoms with Crippen LogP contribution in [0.1, 0.15) is 33.3 Å². The zero-order valence-corrected chi connectivity index (χ0v) is 9.25. The smallest absolute Gasteiger partial charge is 0.0270 e. The van der Waals surface area contributed by atoms with E-state index in [1.54, 1.807) is 12.4 Å². The van der Waals surface area contributed by atoms with Crippen molar-refractivity contribution >= 4 is 0 Å². The fraction of sp³-hybridized carbons (Fsp3) is 0.545. The quantitative estimate of drug-likeness (QED) is 0.763. The summed E-state index contributed by atoms with van der Waals surface area (Å²) >= 11 is 0. The normalized spacial score (nSPS) is 7.46. The van der Waals surface area contributed by atoms with E-state index in [2.05, 4.69) is 4.98 Å². The molecule has 1 aromatic heterocycles. The van der Waals surface area contributed by atoms with E-state index < -0.39 is 0 Å². The lowest BCUT2D eigenvalue weighted by atomic mass is 10.2. The lowest BCUT2D eigenvalue weighted by molar-refractivity contribution is 0.964. The van der Waals surface area contributed by atoms with E-state index in [1.165, 1.54) is 5.56 Å². The van der Waals surface area contributed by atoms with Crippen LogP contribution >= 0.6 is 0 Å². The molecule has 0 saturated carbocycles. The standard InChI is InChI=1S/C7H10N2.2C2H6/c8-4-1-7-2-5-9-6-3-7;2*1-2/h2-3,5-6H,1,4,8H2;2*1-2H3. The second-order valence-corrected chi connectivity index (χ2v) is 1.89. The first-order valence-electron chi connectivity index (χ1n) is 5.02. The van der Waals surface area contributed by atoms with Gasteiger partial charge in [-0.15, -0.1) is 0 Å². The highest BCUT2D eigenvalue weighted by Crippen LogP contribution is 1.94. The molecule has 0 atom stereocenters. The van der Waals surface area contributed by atoms with Gasteiger partial charge in [-0.1, -0.05) is 27.7 Å². The maximum Gasteiger partial charge on any atom is 0.0270 e. The summed E-state index contributed by atoms with van der Waals surface area (Å²) < 4.78 is 0. The molecule has 0 radical (unpaired) electrons. The Morgan fingerprint density at radius 1 is 1.08 bits per heavy atom. The van der Waals surface area contributed by atoms with Crippen molar-refractivity contribution in [3.63, 3.8) is 0 Å². The molecule has 2 heteroatoms. The van der Waals surface area contributed by atoms with E-state index in [-0.39, 0.29) is 0 Å². The summed E-state index contributed by atoms with van der Waals surface area (Å²) in [7, 11) is 0. The molecule has 0 bridgehead atoms. The minimum Gasteiger partial charge on any atom is -0.330 e. The van der Waals surface area contributed by atoms with Crippen molar-refractivity contribution in [2.45, 2.75) is 34.1 Å². The molecular formula is C11H22N2. The van der Waals surface area contributed by atoms with Crippen molar-refractivity contribution in [2.24, 2.45) is 5.73 Å². The molecular weight excluding hydrogens is 160 g/mol. The van der Waals surface area contributed by atoms with Crippen LogP contribution in [0.5, 0.6) is 0 Å². The van der Waals surface area contributed by atoms with Gasteiger partial charge in [-0.25, -0.2) is 0 Å². The third kappa shape index (κ3) is 9.02. The number of pyridine rings is 1. The van der Waals surface area contributed by atoms with Crippen molar-refractivity contribution in [3.05, 3.63) is 30.1 Å². The Morgan fingerprint density at radius 2 is 1.54 bits per heavy atom. The second kappa shape index (κ2) is 13.7. The molecule has 13 heavy (non-hydrogen) atoms. The van der Waals surface area contributed by atoms with Crippen LogP contribution in [0.2, 0.25) is 0 Å². The topological polar surface area (TPSA) is 38.9 Å². The molecule has 0 aromatic carbocycles. The van der Waals surface area contributed by atoms with Crippen molar-refractivity contribution in [2.75, 3.05) is 6.54 Å². The Kier molecular flexibility index (Phi) is 15.4. The molecule has 0 unspecified atom stereocenters. The van der Waals surface area contributed by atoms with E-state index in [1.807, 2.05) is 39.8 Å². The Bertz CT molecular complexity index is 161. The van der Waals surface area contributed by atoms with Crippen LogP contribution in [0, 0.1) is 0 Å². The number of nitrogens with two attached hydrogens (primary N) is 1. The molecule has 76 valence electrons. The molecule has 0 saturated heterocycles. The van der Waals surface area contributed by atoms with Gasteiger partial charge in [0.05, 0.1) is 0 Å². The van der Waals surface area contributed by atoms with Crippen LogP contribution in [-0.4, -0.2) is 11.5 Å². The molecule has 0 aliphatic carbocycles. The molecule has 2 nitrogen and oxygen atoms in total. The lowest BCUT2D eigenvalue weighted by Gasteiger charge is -1.93. The first-order valence-corrected chi connectivity index (χ1v) is 5.02. The third-order valence-corrected chi connectivity index (χ3v) is 1.18. The van der Waals surface area contributed by atoms with Crippen molar-refractivity contribution in [1.29, 1.82) is 0 Å². The van der Waals surface area contributed by atoms with Crippen LogP contribution in [0.3, 0.4) is 0 Å². The van der Waals surface area contributed by atoms with Crippen LogP contribution in [0.4, 0.5) is 0 Å². The SMILES string of the molecule is CC.CC.NCCc1ccncc1. The predicted octanol–water partition coefficient (Wildman–Crippen LogP) is 2.64. The average Bonchev–Trinajstić information content (AvgIpc) is 2.26.